The number of nitrogens with zero attached hydrogens (tertiary/aromatic N) is 3. The summed E-state index contributed by atoms with van der Waals surface area (Å²) in [6.45, 7) is 3.68. The minimum Gasteiger partial charge on any atom is -0.495 e. The zero-order chi connectivity index (χ0) is 23.8. The smallest absolute Gasteiger partial charge is 0.262 e. The van der Waals surface area contributed by atoms with Crippen LogP contribution in [-0.4, -0.2) is 36.0 Å². The number of fused-ring (bicyclic) bond motifs is 1. The maximum absolute atomic E-state index is 13.2. The number of aromatic nitrogens is 3. The van der Waals surface area contributed by atoms with E-state index in [4.69, 9.17) is 4.74 Å². The Morgan fingerprint density at radius 1 is 1.09 bits per heavy atom. The van der Waals surface area contributed by atoms with Crippen LogP contribution in [0.25, 0.3) is 5.65 Å². The van der Waals surface area contributed by atoms with E-state index in [1.807, 2.05) is 19.9 Å². The average molecular weight is 469 g/mol. The van der Waals surface area contributed by atoms with E-state index in [9.17, 15) is 17.6 Å². The number of rotatable bonds is 6. The SMILES string of the molecule is COc1ccc(NC(=O)c2cnn3c(C)cc(C)nc23)cc1NS(=O)(=O)c1ccc(F)cc1. The van der Waals surface area contributed by atoms with Crippen LogP contribution in [0.4, 0.5) is 15.8 Å². The van der Waals surface area contributed by atoms with E-state index in [2.05, 4.69) is 20.1 Å². The third kappa shape index (κ3) is 4.48. The van der Waals surface area contributed by atoms with E-state index in [-0.39, 0.29) is 21.9 Å². The van der Waals surface area contributed by atoms with Crippen LogP contribution >= 0.6 is 0 Å². The molecular formula is C22H20FN5O4S. The molecule has 0 saturated carbocycles. The number of hydrogen-bond donors (Lipinski definition) is 2. The van der Waals surface area contributed by atoms with Gasteiger partial charge in [-0.05, 0) is 62.4 Å². The van der Waals surface area contributed by atoms with Gasteiger partial charge in [-0.3, -0.25) is 9.52 Å². The molecular weight excluding hydrogens is 449 g/mol. The van der Waals surface area contributed by atoms with Gasteiger partial charge in [0.2, 0.25) is 0 Å². The summed E-state index contributed by atoms with van der Waals surface area (Å²) in [7, 11) is -2.63. The molecule has 4 rings (SSSR count). The highest BCUT2D eigenvalue weighted by molar-refractivity contribution is 7.92. The molecule has 0 aliphatic rings. The number of carbonyl (C=O) groups is 1. The quantitative estimate of drug-likeness (QED) is 0.446. The summed E-state index contributed by atoms with van der Waals surface area (Å²) < 4.78 is 47.8. The van der Waals surface area contributed by atoms with Crippen LogP contribution in [0.1, 0.15) is 21.7 Å². The number of amides is 1. The first-order valence-electron chi connectivity index (χ1n) is 9.78. The fourth-order valence-electron chi connectivity index (χ4n) is 3.31. The predicted octanol–water partition coefficient (Wildman–Crippen LogP) is 3.55. The molecule has 0 aliphatic carbocycles. The minimum atomic E-state index is -4.02. The summed E-state index contributed by atoms with van der Waals surface area (Å²) in [6.07, 6.45) is 1.42. The van der Waals surface area contributed by atoms with Crippen LogP contribution in [0.3, 0.4) is 0 Å². The lowest BCUT2D eigenvalue weighted by atomic mass is 10.2. The third-order valence-electron chi connectivity index (χ3n) is 4.85. The maximum Gasteiger partial charge on any atom is 0.262 e. The number of halogens is 1. The highest BCUT2D eigenvalue weighted by Gasteiger charge is 2.19. The van der Waals surface area contributed by atoms with Crippen LogP contribution < -0.4 is 14.8 Å². The van der Waals surface area contributed by atoms with Crippen molar-refractivity contribution in [2.45, 2.75) is 18.7 Å². The second kappa shape index (κ2) is 8.51. The van der Waals surface area contributed by atoms with Crippen molar-refractivity contribution >= 4 is 33.0 Å². The van der Waals surface area contributed by atoms with Crippen LogP contribution in [-0.2, 0) is 10.0 Å². The molecule has 170 valence electrons. The average Bonchev–Trinajstić information content (AvgIpc) is 3.18. The predicted molar refractivity (Wildman–Crippen MR) is 121 cm³/mol. The van der Waals surface area contributed by atoms with E-state index in [0.717, 1.165) is 35.7 Å². The summed E-state index contributed by atoms with van der Waals surface area (Å²) in [4.78, 5) is 17.2. The normalized spacial score (nSPS) is 11.4. The molecule has 4 aromatic rings. The summed E-state index contributed by atoms with van der Waals surface area (Å²) in [5, 5.41) is 6.94. The second-order valence-corrected chi connectivity index (χ2v) is 8.94. The van der Waals surface area contributed by atoms with Gasteiger partial charge in [-0.1, -0.05) is 0 Å². The molecule has 33 heavy (non-hydrogen) atoms. The van der Waals surface area contributed by atoms with Gasteiger partial charge in [0.05, 0.1) is 23.9 Å². The van der Waals surface area contributed by atoms with Gasteiger partial charge in [0, 0.05) is 17.1 Å². The molecule has 11 heteroatoms. The van der Waals surface area contributed by atoms with Gasteiger partial charge < -0.3 is 10.1 Å². The molecule has 2 heterocycles. The van der Waals surface area contributed by atoms with Crippen molar-refractivity contribution in [1.29, 1.82) is 0 Å². The van der Waals surface area contributed by atoms with Gasteiger partial charge in [0.15, 0.2) is 5.65 Å². The fraction of sp³-hybridized carbons (Fsp3) is 0.136. The molecule has 0 bridgehead atoms. The van der Waals surface area contributed by atoms with Crippen molar-refractivity contribution < 1.29 is 22.3 Å². The number of hydrogen-bond acceptors (Lipinski definition) is 6. The molecule has 1 amide bonds. The Kier molecular flexibility index (Phi) is 5.73. The van der Waals surface area contributed by atoms with Gasteiger partial charge in [-0.15, -0.1) is 0 Å². The Morgan fingerprint density at radius 2 is 1.82 bits per heavy atom. The molecule has 0 unspecified atom stereocenters. The lowest BCUT2D eigenvalue weighted by molar-refractivity contribution is 0.102. The number of methoxy groups -OCH3 is 1. The monoisotopic (exact) mass is 469 g/mol. The van der Waals surface area contributed by atoms with Crippen LogP contribution in [0, 0.1) is 19.7 Å². The summed E-state index contributed by atoms with van der Waals surface area (Å²) in [5.41, 5.74) is 2.68. The zero-order valence-electron chi connectivity index (χ0n) is 18.0. The molecule has 0 aliphatic heterocycles. The third-order valence-corrected chi connectivity index (χ3v) is 6.23. The van der Waals surface area contributed by atoms with E-state index < -0.39 is 21.7 Å². The lowest BCUT2D eigenvalue weighted by Crippen LogP contribution is -2.15. The zero-order valence-corrected chi connectivity index (χ0v) is 18.8. The van der Waals surface area contributed by atoms with Crippen molar-refractivity contribution in [2.75, 3.05) is 17.1 Å². The van der Waals surface area contributed by atoms with Crippen LogP contribution in [0.15, 0.2) is 59.6 Å². The topological polar surface area (TPSA) is 115 Å². The van der Waals surface area contributed by atoms with Gasteiger partial charge in [-0.25, -0.2) is 22.3 Å². The molecule has 0 fully saturated rings. The van der Waals surface area contributed by atoms with Crippen LogP contribution in [0.2, 0.25) is 0 Å². The highest BCUT2D eigenvalue weighted by atomic mass is 32.2. The molecule has 0 spiro atoms. The number of anilines is 2. The number of sulfonamides is 1. The Morgan fingerprint density at radius 3 is 2.52 bits per heavy atom. The second-order valence-electron chi connectivity index (χ2n) is 7.26. The van der Waals surface area contributed by atoms with Crippen LogP contribution in [0.5, 0.6) is 5.75 Å². The summed E-state index contributed by atoms with van der Waals surface area (Å²) in [6, 6.07) is 10.8. The van der Waals surface area contributed by atoms with Crippen molar-refractivity contribution in [3.05, 3.63) is 77.5 Å². The van der Waals surface area contributed by atoms with E-state index in [1.165, 1.54) is 25.4 Å². The van der Waals surface area contributed by atoms with Crippen molar-refractivity contribution in [1.82, 2.24) is 14.6 Å². The molecule has 0 saturated heterocycles. The Labute approximate surface area is 189 Å². The Balaban J connectivity index is 1.63. The maximum atomic E-state index is 13.2. The van der Waals surface area contributed by atoms with Gasteiger partial charge in [0.25, 0.3) is 15.9 Å². The molecule has 0 radical (unpaired) electrons. The fourth-order valence-corrected chi connectivity index (χ4v) is 4.37. The summed E-state index contributed by atoms with van der Waals surface area (Å²) >= 11 is 0. The van der Waals surface area contributed by atoms with E-state index in [0.29, 0.717) is 11.3 Å². The van der Waals surface area contributed by atoms with Gasteiger partial charge >= 0.3 is 0 Å². The van der Waals surface area contributed by atoms with Crippen molar-refractivity contribution in [3.63, 3.8) is 0 Å². The molecule has 9 nitrogen and oxygen atoms in total. The molecule has 0 atom stereocenters. The molecule has 2 aromatic heterocycles. The number of aryl methyl sites for hydroxylation is 2. The largest absolute Gasteiger partial charge is 0.495 e. The Bertz CT molecular complexity index is 1470. The van der Waals surface area contributed by atoms with Crippen molar-refractivity contribution in [2.24, 2.45) is 0 Å². The van der Waals surface area contributed by atoms with Crippen molar-refractivity contribution in [3.8, 4) is 5.75 Å². The summed E-state index contributed by atoms with van der Waals surface area (Å²) in [5.74, 6) is -0.772. The molecule has 2 aromatic carbocycles. The molecule has 2 N–H and O–H groups in total. The van der Waals surface area contributed by atoms with E-state index >= 15 is 0 Å². The number of ether oxygens (including phenoxy) is 1. The number of benzene rings is 2. The number of nitrogens with one attached hydrogen (secondary N) is 2. The number of carbonyl (C=O) groups excluding carboxylic acids is 1. The first-order valence-corrected chi connectivity index (χ1v) is 11.3. The van der Waals surface area contributed by atoms with Gasteiger partial charge in [0.1, 0.15) is 17.1 Å². The highest BCUT2D eigenvalue weighted by Crippen LogP contribution is 2.30. The standard InChI is InChI=1S/C22H20FN5O4S/c1-13-10-14(2)28-21(25-13)18(12-24-28)22(29)26-16-6-9-20(32-3)19(11-16)27-33(30,31)17-7-4-15(23)5-8-17/h4-12,27H,1-3H3,(H,26,29). The van der Waals surface area contributed by atoms with Gasteiger partial charge in [-0.2, -0.15) is 5.10 Å². The first kappa shape index (κ1) is 22.2. The van der Waals surface area contributed by atoms with E-state index in [1.54, 1.807) is 10.6 Å². The Hall–Kier alpha value is -3.99. The lowest BCUT2D eigenvalue weighted by Gasteiger charge is -2.14. The minimum absolute atomic E-state index is 0.101. The first-order chi connectivity index (χ1) is 15.7.